The fourth-order valence-electron chi connectivity index (χ4n) is 5.11. The molecule has 172 valence electrons. The number of nitrogens with zero attached hydrogens (tertiary/aromatic N) is 2. The van der Waals surface area contributed by atoms with Crippen LogP contribution in [0.15, 0.2) is 78.9 Å². The number of hydrogen-bond acceptors (Lipinski definition) is 5. The van der Waals surface area contributed by atoms with E-state index in [4.69, 9.17) is 9.47 Å². The molecular weight excluding hydrogens is 424 g/mol. The minimum atomic E-state index is -0.0548. The van der Waals surface area contributed by atoms with Crippen molar-refractivity contribution >= 4 is 5.78 Å². The number of nitriles is 1. The molecule has 34 heavy (non-hydrogen) atoms. The summed E-state index contributed by atoms with van der Waals surface area (Å²) in [5.41, 5.74) is 3.36. The Balaban J connectivity index is 1.30. The van der Waals surface area contributed by atoms with Gasteiger partial charge in [0.05, 0.1) is 18.8 Å². The van der Waals surface area contributed by atoms with Crippen LogP contribution in [0.1, 0.15) is 39.9 Å². The highest BCUT2D eigenvalue weighted by Crippen LogP contribution is 2.35. The summed E-state index contributed by atoms with van der Waals surface area (Å²) in [4.78, 5) is 16.0. The van der Waals surface area contributed by atoms with Gasteiger partial charge in [0, 0.05) is 30.1 Å². The minimum absolute atomic E-state index is 0.0548. The number of fused-ring (bicyclic) bond motifs is 2. The molecule has 2 fully saturated rings. The van der Waals surface area contributed by atoms with Crippen molar-refractivity contribution in [3.63, 3.8) is 0 Å². The maximum absolute atomic E-state index is 13.5. The monoisotopic (exact) mass is 452 g/mol. The van der Waals surface area contributed by atoms with E-state index in [1.165, 1.54) is 5.56 Å². The van der Waals surface area contributed by atoms with Crippen molar-refractivity contribution in [1.29, 1.82) is 5.26 Å². The molecule has 0 radical (unpaired) electrons. The van der Waals surface area contributed by atoms with Gasteiger partial charge in [-0.3, -0.25) is 9.69 Å². The Kier molecular flexibility index (Phi) is 6.71. The molecule has 0 amide bonds. The van der Waals surface area contributed by atoms with Crippen LogP contribution in [0.4, 0.5) is 0 Å². The van der Waals surface area contributed by atoms with Gasteiger partial charge in [0.15, 0.2) is 5.78 Å². The summed E-state index contributed by atoms with van der Waals surface area (Å²) in [7, 11) is 0. The standard InChI is InChI=1S/C29H28N2O3/c30-16-24-12-11-23(15-28(24)34-18-22-9-5-2-6-10-22)29(32)25-13-26-19-33-20-27(14-25)31(26)17-21-7-3-1-4-8-21/h1-12,15,25-27H,13-14,17-20H2. The Hall–Kier alpha value is -3.46. The lowest BCUT2D eigenvalue weighted by atomic mass is 9.80. The number of piperidine rings is 1. The molecule has 5 rings (SSSR count). The van der Waals surface area contributed by atoms with Gasteiger partial charge in [-0.05, 0) is 42.2 Å². The molecule has 0 saturated carbocycles. The largest absolute Gasteiger partial charge is 0.487 e. The summed E-state index contributed by atoms with van der Waals surface area (Å²) < 4.78 is 11.8. The van der Waals surface area contributed by atoms with E-state index in [0.29, 0.717) is 36.7 Å². The second kappa shape index (κ2) is 10.2. The number of benzene rings is 3. The van der Waals surface area contributed by atoms with Gasteiger partial charge < -0.3 is 9.47 Å². The van der Waals surface area contributed by atoms with E-state index >= 15 is 0 Å². The summed E-state index contributed by atoms with van der Waals surface area (Å²) in [6.07, 6.45) is 1.56. The maximum Gasteiger partial charge on any atom is 0.166 e. The number of ether oxygens (including phenoxy) is 2. The Morgan fingerprint density at radius 3 is 2.24 bits per heavy atom. The van der Waals surface area contributed by atoms with E-state index in [2.05, 4.69) is 35.2 Å². The van der Waals surface area contributed by atoms with E-state index in [1.807, 2.05) is 36.4 Å². The number of hydrogen-bond donors (Lipinski definition) is 0. The van der Waals surface area contributed by atoms with Crippen LogP contribution in [0.25, 0.3) is 0 Å². The van der Waals surface area contributed by atoms with Crippen LogP contribution in [0.2, 0.25) is 0 Å². The molecule has 5 heteroatoms. The van der Waals surface area contributed by atoms with Crippen molar-refractivity contribution in [1.82, 2.24) is 4.90 Å². The average Bonchev–Trinajstić information content (AvgIpc) is 2.88. The summed E-state index contributed by atoms with van der Waals surface area (Å²) in [6, 6.07) is 28.1. The second-order valence-electron chi connectivity index (χ2n) is 9.13. The molecule has 0 N–H and O–H groups in total. The molecule has 2 saturated heterocycles. The highest BCUT2D eigenvalue weighted by Gasteiger charge is 2.41. The molecule has 0 aromatic heterocycles. The van der Waals surface area contributed by atoms with Crippen LogP contribution in [-0.4, -0.2) is 36.0 Å². The predicted octanol–water partition coefficient (Wildman–Crippen LogP) is 5.00. The zero-order chi connectivity index (χ0) is 23.3. The van der Waals surface area contributed by atoms with Gasteiger partial charge in [0.25, 0.3) is 0 Å². The third-order valence-electron chi connectivity index (χ3n) is 6.87. The lowest BCUT2D eigenvalue weighted by Gasteiger charge is -2.48. The van der Waals surface area contributed by atoms with Gasteiger partial charge in [-0.15, -0.1) is 0 Å². The first-order valence-electron chi connectivity index (χ1n) is 11.8. The van der Waals surface area contributed by atoms with E-state index in [0.717, 1.165) is 24.9 Å². The highest BCUT2D eigenvalue weighted by molar-refractivity contribution is 5.98. The Labute approximate surface area is 200 Å². The van der Waals surface area contributed by atoms with Crippen molar-refractivity contribution in [3.8, 4) is 11.8 Å². The molecule has 3 aromatic rings. The van der Waals surface area contributed by atoms with Crippen LogP contribution in [0.3, 0.4) is 0 Å². The molecule has 0 aliphatic carbocycles. The zero-order valence-electron chi connectivity index (χ0n) is 19.1. The first-order chi connectivity index (χ1) is 16.7. The molecule has 5 nitrogen and oxygen atoms in total. The molecule has 0 spiro atoms. The summed E-state index contributed by atoms with van der Waals surface area (Å²) in [6.45, 7) is 2.55. The first kappa shape index (κ1) is 22.3. The third-order valence-corrected chi connectivity index (χ3v) is 6.87. The van der Waals surface area contributed by atoms with Gasteiger partial charge in [0.2, 0.25) is 0 Å². The normalized spacial score (nSPS) is 22.0. The maximum atomic E-state index is 13.5. The van der Waals surface area contributed by atoms with E-state index in [-0.39, 0.29) is 23.8 Å². The van der Waals surface area contributed by atoms with E-state index in [9.17, 15) is 10.1 Å². The molecular formula is C29H28N2O3. The van der Waals surface area contributed by atoms with Crippen LogP contribution >= 0.6 is 0 Å². The Morgan fingerprint density at radius 2 is 1.59 bits per heavy atom. The van der Waals surface area contributed by atoms with Crippen molar-refractivity contribution < 1.29 is 14.3 Å². The van der Waals surface area contributed by atoms with Crippen molar-refractivity contribution in [2.24, 2.45) is 5.92 Å². The van der Waals surface area contributed by atoms with Crippen LogP contribution < -0.4 is 4.74 Å². The summed E-state index contributed by atoms with van der Waals surface area (Å²) >= 11 is 0. The fraction of sp³-hybridized carbons (Fsp3) is 0.310. The topological polar surface area (TPSA) is 62.6 Å². The lowest BCUT2D eigenvalue weighted by Crippen LogP contribution is -2.57. The summed E-state index contributed by atoms with van der Waals surface area (Å²) in [5.74, 6) is 0.536. The Morgan fingerprint density at radius 1 is 0.941 bits per heavy atom. The first-order valence-corrected chi connectivity index (χ1v) is 11.8. The highest BCUT2D eigenvalue weighted by atomic mass is 16.5. The van der Waals surface area contributed by atoms with Gasteiger partial charge in [-0.1, -0.05) is 60.7 Å². The summed E-state index contributed by atoms with van der Waals surface area (Å²) in [5, 5.41) is 9.52. The second-order valence-corrected chi connectivity index (χ2v) is 9.13. The molecule has 2 aliphatic rings. The van der Waals surface area contributed by atoms with Crippen molar-refractivity contribution in [2.75, 3.05) is 13.2 Å². The molecule has 2 aliphatic heterocycles. The lowest BCUT2D eigenvalue weighted by molar-refractivity contribution is -0.0872. The van der Waals surface area contributed by atoms with Gasteiger partial charge in [0.1, 0.15) is 18.4 Å². The van der Waals surface area contributed by atoms with Gasteiger partial charge >= 0.3 is 0 Å². The smallest absolute Gasteiger partial charge is 0.166 e. The zero-order valence-corrected chi connectivity index (χ0v) is 19.1. The number of morpholine rings is 1. The Bertz CT molecular complexity index is 1160. The number of carbonyl (C=O) groups is 1. The molecule has 2 bridgehead atoms. The number of carbonyl (C=O) groups excluding carboxylic acids is 1. The minimum Gasteiger partial charge on any atom is -0.487 e. The van der Waals surface area contributed by atoms with Gasteiger partial charge in [-0.2, -0.15) is 5.26 Å². The molecule has 2 unspecified atom stereocenters. The number of rotatable bonds is 7. The van der Waals surface area contributed by atoms with E-state index in [1.54, 1.807) is 18.2 Å². The van der Waals surface area contributed by atoms with Crippen LogP contribution in [0.5, 0.6) is 5.75 Å². The number of Topliss-reactive ketones (excluding diaryl/α,β-unsaturated/α-hetero) is 1. The molecule has 2 atom stereocenters. The third kappa shape index (κ3) is 4.89. The van der Waals surface area contributed by atoms with Crippen molar-refractivity contribution in [3.05, 3.63) is 101 Å². The molecule has 2 heterocycles. The van der Waals surface area contributed by atoms with Crippen LogP contribution in [0, 0.1) is 17.2 Å². The number of ketones is 1. The van der Waals surface area contributed by atoms with Crippen LogP contribution in [-0.2, 0) is 17.9 Å². The molecule has 3 aromatic carbocycles. The van der Waals surface area contributed by atoms with Crippen molar-refractivity contribution in [2.45, 2.75) is 38.1 Å². The fourth-order valence-corrected chi connectivity index (χ4v) is 5.11. The van der Waals surface area contributed by atoms with Gasteiger partial charge in [-0.25, -0.2) is 0 Å². The predicted molar refractivity (Wildman–Crippen MR) is 129 cm³/mol. The SMILES string of the molecule is N#Cc1ccc(C(=O)C2CC3COCC(C2)N3Cc2ccccc2)cc1OCc1ccccc1. The quantitative estimate of drug-likeness (QED) is 0.472. The average molecular weight is 453 g/mol. The van der Waals surface area contributed by atoms with E-state index < -0.39 is 0 Å².